The van der Waals surface area contributed by atoms with Gasteiger partial charge in [0.15, 0.2) is 0 Å². The van der Waals surface area contributed by atoms with E-state index in [-0.39, 0.29) is 22.6 Å². The van der Waals surface area contributed by atoms with Crippen molar-refractivity contribution in [3.63, 3.8) is 0 Å². The maximum atomic E-state index is 14.6. The fourth-order valence-corrected chi connectivity index (χ4v) is 3.14. The van der Waals surface area contributed by atoms with E-state index in [9.17, 15) is 18.8 Å². The molecule has 0 heterocycles. The Morgan fingerprint density at radius 3 is 2.32 bits per heavy atom. The zero-order valence-electron chi connectivity index (χ0n) is 16.7. The van der Waals surface area contributed by atoms with E-state index < -0.39 is 29.6 Å². The first-order chi connectivity index (χ1) is 14.7. The molecule has 0 radical (unpaired) electrons. The smallest absolute Gasteiger partial charge is 0.250 e. The van der Waals surface area contributed by atoms with Crippen molar-refractivity contribution in [2.24, 2.45) is 23.1 Å². The van der Waals surface area contributed by atoms with E-state index in [0.29, 0.717) is 17.9 Å². The van der Waals surface area contributed by atoms with Crippen molar-refractivity contribution in [1.82, 2.24) is 0 Å². The van der Waals surface area contributed by atoms with Crippen LogP contribution in [0.15, 0.2) is 48.5 Å². The van der Waals surface area contributed by atoms with Gasteiger partial charge in [-0.15, -0.1) is 0 Å². The Labute approximate surface area is 178 Å². The predicted molar refractivity (Wildman–Crippen MR) is 116 cm³/mol. The minimum Gasteiger partial charge on any atom is -0.398 e. The topological polar surface area (TPSA) is 153 Å². The van der Waals surface area contributed by atoms with Gasteiger partial charge in [-0.1, -0.05) is 43.2 Å². The Kier molecular flexibility index (Phi) is 6.54. The number of nitrogens with two attached hydrogens (primary N) is 3. The summed E-state index contributed by atoms with van der Waals surface area (Å²) >= 11 is 0. The maximum Gasteiger partial charge on any atom is 0.250 e. The van der Waals surface area contributed by atoms with Crippen molar-refractivity contribution in [2.45, 2.75) is 25.3 Å². The summed E-state index contributed by atoms with van der Waals surface area (Å²) in [5, 5.41) is 5.27. The summed E-state index contributed by atoms with van der Waals surface area (Å²) in [7, 11) is 0. The third-order valence-corrected chi connectivity index (χ3v) is 4.96. The number of halogens is 1. The highest BCUT2D eigenvalue weighted by Gasteiger charge is 2.29. The highest BCUT2D eigenvalue weighted by molar-refractivity contribution is 6.08. The van der Waals surface area contributed by atoms with Crippen molar-refractivity contribution < 1.29 is 18.8 Å². The summed E-state index contributed by atoms with van der Waals surface area (Å²) in [5.41, 5.74) is 17.2. The average molecular weight is 425 g/mol. The Balaban J connectivity index is 1.85. The van der Waals surface area contributed by atoms with Gasteiger partial charge in [0.2, 0.25) is 11.8 Å². The van der Waals surface area contributed by atoms with E-state index in [1.165, 1.54) is 6.07 Å². The number of carbonyl (C=O) groups is 3. The number of amides is 3. The van der Waals surface area contributed by atoms with Crippen molar-refractivity contribution >= 4 is 34.8 Å². The molecule has 1 aliphatic rings. The molecule has 0 unspecified atom stereocenters. The summed E-state index contributed by atoms with van der Waals surface area (Å²) in [6.45, 7) is 0. The second-order valence-electron chi connectivity index (χ2n) is 7.48. The Hall–Kier alpha value is -3.88. The van der Waals surface area contributed by atoms with Gasteiger partial charge in [-0.3, -0.25) is 14.4 Å². The quantitative estimate of drug-likeness (QED) is 0.389. The maximum absolute atomic E-state index is 14.6. The second-order valence-corrected chi connectivity index (χ2v) is 7.48. The molecule has 31 heavy (non-hydrogen) atoms. The molecule has 3 amide bonds. The lowest BCUT2D eigenvalue weighted by Gasteiger charge is -2.19. The van der Waals surface area contributed by atoms with Gasteiger partial charge in [-0.25, -0.2) is 4.39 Å². The normalized spacial score (nSPS) is 14.5. The first-order valence-electron chi connectivity index (χ1n) is 9.77. The van der Waals surface area contributed by atoms with Crippen LogP contribution >= 0.6 is 0 Å². The summed E-state index contributed by atoms with van der Waals surface area (Å²) < 4.78 is 14.6. The largest absolute Gasteiger partial charge is 0.398 e. The highest BCUT2D eigenvalue weighted by atomic mass is 19.1. The molecule has 0 aromatic heterocycles. The number of benzene rings is 2. The monoisotopic (exact) mass is 425 g/mol. The van der Waals surface area contributed by atoms with Crippen LogP contribution < -0.4 is 27.8 Å². The van der Waals surface area contributed by atoms with Crippen LogP contribution in [-0.4, -0.2) is 23.8 Å². The van der Waals surface area contributed by atoms with Crippen LogP contribution in [0.1, 0.15) is 35.2 Å². The van der Waals surface area contributed by atoms with Gasteiger partial charge in [-0.2, -0.15) is 0 Å². The molecule has 162 valence electrons. The molecule has 1 saturated carbocycles. The van der Waals surface area contributed by atoms with Crippen LogP contribution in [0, 0.1) is 11.7 Å². The molecule has 0 aliphatic heterocycles. The fraction of sp³-hybridized carbons (Fsp3) is 0.227. The van der Waals surface area contributed by atoms with Gasteiger partial charge in [0.1, 0.15) is 11.9 Å². The third kappa shape index (κ3) is 5.81. The number of primary amides is 2. The molecule has 2 aromatic rings. The van der Waals surface area contributed by atoms with Crippen molar-refractivity contribution in [1.29, 1.82) is 0 Å². The second kappa shape index (κ2) is 9.29. The van der Waals surface area contributed by atoms with E-state index in [1.807, 2.05) is 6.07 Å². The highest BCUT2D eigenvalue weighted by Crippen LogP contribution is 2.35. The zero-order chi connectivity index (χ0) is 22.5. The van der Waals surface area contributed by atoms with Gasteiger partial charge in [0.25, 0.3) is 5.91 Å². The van der Waals surface area contributed by atoms with Crippen LogP contribution in [0.3, 0.4) is 0 Å². The Bertz CT molecular complexity index is 1030. The number of anilines is 2. The van der Waals surface area contributed by atoms with Crippen LogP contribution in [0.25, 0.3) is 5.70 Å². The lowest BCUT2D eigenvalue weighted by molar-refractivity contribution is -0.119. The van der Waals surface area contributed by atoms with Gasteiger partial charge in [0, 0.05) is 11.8 Å². The van der Waals surface area contributed by atoms with E-state index in [2.05, 4.69) is 10.6 Å². The molecule has 1 aliphatic carbocycles. The molecule has 8 nitrogen and oxygen atoms in total. The van der Waals surface area contributed by atoms with Crippen LogP contribution in [0.2, 0.25) is 0 Å². The summed E-state index contributed by atoms with van der Waals surface area (Å²) in [6, 6.07) is 10.2. The molecule has 8 N–H and O–H groups in total. The minimum absolute atomic E-state index is 0.0202. The van der Waals surface area contributed by atoms with Crippen LogP contribution in [0.5, 0.6) is 0 Å². The molecule has 0 bridgehead atoms. The number of rotatable bonds is 9. The SMILES string of the molecule is NC(=O)c1cc(F)c(N[C@H](CC2CC2)C(N)=O)cc1NC(=O)C=C(N)c1ccccc1. The standard InChI is InChI=1S/C22H24FN5O3/c23-15-9-14(21(25)30)17(11-18(15)27-19(22(26)31)8-12-6-7-12)28-20(29)10-16(24)13-4-2-1-3-5-13/h1-5,9-12,19,27H,6-8,24H2,(H2,25,30)(H2,26,31)(H,28,29)/t19-/m1/s1. The first kappa shape index (κ1) is 21.8. The molecule has 0 saturated heterocycles. The van der Waals surface area contributed by atoms with Gasteiger partial charge in [-0.05, 0) is 30.0 Å². The van der Waals surface area contributed by atoms with Crippen LogP contribution in [0.4, 0.5) is 15.8 Å². The number of carbonyl (C=O) groups excluding carboxylic acids is 3. The predicted octanol–water partition coefficient (Wildman–Crippen LogP) is 1.93. The van der Waals surface area contributed by atoms with Gasteiger partial charge in [0.05, 0.1) is 16.9 Å². The Morgan fingerprint density at radius 1 is 1.06 bits per heavy atom. The van der Waals surface area contributed by atoms with Crippen molar-refractivity contribution in [3.05, 3.63) is 65.5 Å². The average Bonchev–Trinajstić information content (AvgIpc) is 3.54. The molecule has 3 rings (SSSR count). The lowest BCUT2D eigenvalue weighted by Crippen LogP contribution is -2.36. The number of hydrogen-bond donors (Lipinski definition) is 5. The van der Waals surface area contributed by atoms with E-state index in [4.69, 9.17) is 17.2 Å². The van der Waals surface area contributed by atoms with Gasteiger partial charge < -0.3 is 27.8 Å². The molecule has 2 aromatic carbocycles. The molecular formula is C22H24FN5O3. The van der Waals surface area contributed by atoms with E-state index in [1.54, 1.807) is 24.3 Å². The van der Waals surface area contributed by atoms with Gasteiger partial charge >= 0.3 is 0 Å². The fourth-order valence-electron chi connectivity index (χ4n) is 3.14. The van der Waals surface area contributed by atoms with Crippen LogP contribution in [-0.2, 0) is 9.59 Å². The van der Waals surface area contributed by atoms with Crippen molar-refractivity contribution in [3.8, 4) is 0 Å². The Morgan fingerprint density at radius 2 is 1.74 bits per heavy atom. The summed E-state index contributed by atoms with van der Waals surface area (Å²) in [5.74, 6) is -2.61. The minimum atomic E-state index is -0.926. The third-order valence-electron chi connectivity index (χ3n) is 4.96. The lowest BCUT2D eigenvalue weighted by atomic mass is 10.1. The molecular weight excluding hydrogens is 401 g/mol. The van der Waals surface area contributed by atoms with E-state index in [0.717, 1.165) is 25.0 Å². The summed E-state index contributed by atoms with van der Waals surface area (Å²) in [6.07, 6.45) is 3.61. The van der Waals surface area contributed by atoms with E-state index >= 15 is 0 Å². The molecule has 9 heteroatoms. The summed E-state index contributed by atoms with van der Waals surface area (Å²) in [4.78, 5) is 36.0. The molecule has 1 fully saturated rings. The number of nitrogens with one attached hydrogen (secondary N) is 2. The zero-order valence-corrected chi connectivity index (χ0v) is 16.7. The molecule has 0 spiro atoms. The van der Waals surface area contributed by atoms with Crippen molar-refractivity contribution in [2.75, 3.05) is 10.6 Å². The first-order valence-corrected chi connectivity index (χ1v) is 9.77. The number of hydrogen-bond acceptors (Lipinski definition) is 5. The molecule has 1 atom stereocenters.